The Morgan fingerprint density at radius 2 is 1.95 bits per heavy atom. The molecule has 1 saturated heterocycles. The zero-order valence-electron chi connectivity index (χ0n) is 11.6. The van der Waals surface area contributed by atoms with Crippen LogP contribution >= 0.6 is 0 Å². The van der Waals surface area contributed by atoms with Gasteiger partial charge in [-0.1, -0.05) is 0 Å². The van der Waals surface area contributed by atoms with E-state index in [0.29, 0.717) is 6.54 Å². The van der Waals surface area contributed by atoms with Crippen LogP contribution in [0.2, 0.25) is 0 Å². The monoisotopic (exact) mass is 269 g/mol. The minimum absolute atomic E-state index is 0.0280. The van der Waals surface area contributed by atoms with Gasteiger partial charge in [0.1, 0.15) is 11.4 Å². The number of carbonyl (C=O) groups excluding carboxylic acids is 3. The predicted molar refractivity (Wildman–Crippen MR) is 65.3 cm³/mol. The summed E-state index contributed by atoms with van der Waals surface area (Å²) in [4.78, 5) is 36.9. The SMILES string of the molecule is COC(=O)C1C2C(=O)CCN(C(=O)OC(C)(C)C)C21. The predicted octanol–water partition coefficient (Wildman–Crippen LogP) is 0.984. The summed E-state index contributed by atoms with van der Waals surface area (Å²) >= 11 is 0. The Morgan fingerprint density at radius 1 is 1.32 bits per heavy atom. The molecule has 3 atom stereocenters. The molecule has 1 amide bonds. The summed E-state index contributed by atoms with van der Waals surface area (Å²) in [5, 5.41) is 0. The third-order valence-corrected chi connectivity index (χ3v) is 3.41. The molecule has 2 fully saturated rings. The van der Waals surface area contributed by atoms with Crippen molar-refractivity contribution in [3.05, 3.63) is 0 Å². The Kier molecular flexibility index (Phi) is 3.28. The maximum absolute atomic E-state index is 12.1. The zero-order chi connectivity index (χ0) is 14.4. The second-order valence-corrected chi connectivity index (χ2v) is 5.96. The normalized spacial score (nSPS) is 29.6. The Labute approximate surface area is 112 Å². The Balaban J connectivity index is 2.09. The fourth-order valence-corrected chi connectivity index (χ4v) is 2.58. The molecule has 6 heteroatoms. The van der Waals surface area contributed by atoms with Crippen LogP contribution in [0.1, 0.15) is 27.2 Å². The fraction of sp³-hybridized carbons (Fsp3) is 0.769. The number of piperidine rings is 1. The molecule has 0 spiro atoms. The second kappa shape index (κ2) is 4.51. The lowest BCUT2D eigenvalue weighted by Crippen LogP contribution is -2.43. The van der Waals surface area contributed by atoms with E-state index in [2.05, 4.69) is 4.74 Å². The van der Waals surface area contributed by atoms with Gasteiger partial charge in [0.05, 0.1) is 25.0 Å². The number of rotatable bonds is 1. The van der Waals surface area contributed by atoms with Crippen LogP contribution in [0.3, 0.4) is 0 Å². The van der Waals surface area contributed by atoms with Crippen LogP contribution < -0.4 is 0 Å². The fourth-order valence-electron chi connectivity index (χ4n) is 2.58. The van der Waals surface area contributed by atoms with Crippen molar-refractivity contribution in [3.63, 3.8) is 0 Å². The van der Waals surface area contributed by atoms with Gasteiger partial charge in [0, 0.05) is 13.0 Å². The number of likely N-dealkylation sites (tertiary alicyclic amines) is 1. The molecule has 0 radical (unpaired) electrons. The van der Waals surface area contributed by atoms with Crippen molar-refractivity contribution in [3.8, 4) is 0 Å². The van der Waals surface area contributed by atoms with Crippen molar-refractivity contribution in [1.29, 1.82) is 0 Å². The first-order chi connectivity index (χ1) is 8.76. The van der Waals surface area contributed by atoms with Gasteiger partial charge in [-0.05, 0) is 20.8 Å². The van der Waals surface area contributed by atoms with Crippen molar-refractivity contribution in [2.24, 2.45) is 11.8 Å². The quantitative estimate of drug-likeness (QED) is 0.664. The Hall–Kier alpha value is -1.59. The number of hydrogen-bond acceptors (Lipinski definition) is 5. The van der Waals surface area contributed by atoms with Crippen LogP contribution in [0.15, 0.2) is 0 Å². The van der Waals surface area contributed by atoms with Crippen LogP contribution in [0.5, 0.6) is 0 Å². The highest BCUT2D eigenvalue weighted by Crippen LogP contribution is 2.48. The number of hydrogen-bond donors (Lipinski definition) is 0. The molecule has 1 saturated carbocycles. The molecule has 1 aliphatic heterocycles. The van der Waals surface area contributed by atoms with E-state index in [-0.39, 0.29) is 18.2 Å². The number of carbonyl (C=O) groups is 3. The van der Waals surface area contributed by atoms with E-state index in [9.17, 15) is 14.4 Å². The van der Waals surface area contributed by atoms with E-state index in [1.807, 2.05) is 0 Å². The van der Waals surface area contributed by atoms with Gasteiger partial charge < -0.3 is 14.4 Å². The number of ether oxygens (including phenoxy) is 2. The molecule has 1 aliphatic carbocycles. The average Bonchev–Trinajstić information content (AvgIpc) is 3.02. The zero-order valence-corrected chi connectivity index (χ0v) is 11.6. The smallest absolute Gasteiger partial charge is 0.410 e. The molecule has 2 aliphatic rings. The highest BCUT2D eigenvalue weighted by Gasteiger charge is 2.65. The number of esters is 1. The Morgan fingerprint density at radius 3 is 2.47 bits per heavy atom. The molecule has 0 aromatic heterocycles. The molecule has 106 valence electrons. The van der Waals surface area contributed by atoms with E-state index in [0.717, 1.165) is 0 Å². The summed E-state index contributed by atoms with van der Waals surface area (Å²) in [5.41, 5.74) is -0.594. The molecule has 0 aromatic carbocycles. The number of fused-ring (bicyclic) bond motifs is 1. The van der Waals surface area contributed by atoms with Crippen molar-refractivity contribution in [1.82, 2.24) is 4.90 Å². The van der Waals surface area contributed by atoms with Gasteiger partial charge >= 0.3 is 12.1 Å². The number of nitrogens with zero attached hydrogens (tertiary/aromatic N) is 1. The number of Topliss-reactive ketones (excluding diaryl/α,β-unsaturated/α-hetero) is 1. The van der Waals surface area contributed by atoms with Crippen LogP contribution in [-0.4, -0.2) is 48.0 Å². The second-order valence-electron chi connectivity index (χ2n) is 5.96. The molecule has 6 nitrogen and oxygen atoms in total. The molecule has 19 heavy (non-hydrogen) atoms. The van der Waals surface area contributed by atoms with E-state index < -0.39 is 29.5 Å². The van der Waals surface area contributed by atoms with Crippen LogP contribution in [0.4, 0.5) is 4.79 Å². The first kappa shape index (κ1) is 13.8. The maximum atomic E-state index is 12.1. The van der Waals surface area contributed by atoms with Gasteiger partial charge in [0.2, 0.25) is 0 Å². The molecular weight excluding hydrogens is 250 g/mol. The van der Waals surface area contributed by atoms with Crippen molar-refractivity contribution in [2.75, 3.05) is 13.7 Å². The van der Waals surface area contributed by atoms with Crippen molar-refractivity contribution < 1.29 is 23.9 Å². The Bertz CT molecular complexity index is 425. The number of methoxy groups -OCH3 is 1. The summed E-state index contributed by atoms with van der Waals surface area (Å²) in [5.74, 6) is -1.33. The van der Waals surface area contributed by atoms with Crippen LogP contribution in [0, 0.1) is 11.8 Å². The van der Waals surface area contributed by atoms with Gasteiger partial charge in [-0.3, -0.25) is 9.59 Å². The first-order valence-corrected chi connectivity index (χ1v) is 6.36. The van der Waals surface area contributed by atoms with Crippen LogP contribution in [-0.2, 0) is 19.1 Å². The van der Waals surface area contributed by atoms with Crippen molar-refractivity contribution >= 4 is 17.8 Å². The highest BCUT2D eigenvalue weighted by atomic mass is 16.6. The molecule has 0 N–H and O–H groups in total. The molecular formula is C13H19NO5. The van der Waals surface area contributed by atoms with Gasteiger partial charge in [-0.25, -0.2) is 4.79 Å². The molecule has 2 rings (SSSR count). The molecule has 0 aromatic rings. The van der Waals surface area contributed by atoms with E-state index in [1.54, 1.807) is 20.8 Å². The highest BCUT2D eigenvalue weighted by molar-refractivity contribution is 5.96. The molecule has 3 unspecified atom stereocenters. The third-order valence-electron chi connectivity index (χ3n) is 3.41. The summed E-state index contributed by atoms with van der Waals surface area (Å²) in [6, 6.07) is -0.386. The van der Waals surface area contributed by atoms with E-state index in [4.69, 9.17) is 4.74 Å². The summed E-state index contributed by atoms with van der Waals surface area (Å²) in [6.07, 6.45) is -0.199. The molecule has 0 bridgehead atoms. The summed E-state index contributed by atoms with van der Waals surface area (Å²) < 4.78 is 9.97. The van der Waals surface area contributed by atoms with Gasteiger partial charge in [0.15, 0.2) is 0 Å². The number of ketones is 1. The van der Waals surface area contributed by atoms with Gasteiger partial charge in [0.25, 0.3) is 0 Å². The molecule has 1 heterocycles. The lowest BCUT2D eigenvalue weighted by atomic mass is 10.1. The minimum Gasteiger partial charge on any atom is -0.469 e. The first-order valence-electron chi connectivity index (χ1n) is 6.36. The average molecular weight is 269 g/mol. The van der Waals surface area contributed by atoms with Gasteiger partial charge in [-0.2, -0.15) is 0 Å². The summed E-state index contributed by atoms with van der Waals surface area (Å²) in [7, 11) is 1.29. The van der Waals surface area contributed by atoms with E-state index in [1.165, 1.54) is 12.0 Å². The summed E-state index contributed by atoms with van der Waals surface area (Å²) in [6.45, 7) is 5.65. The van der Waals surface area contributed by atoms with E-state index >= 15 is 0 Å². The lowest BCUT2D eigenvalue weighted by Gasteiger charge is -2.29. The van der Waals surface area contributed by atoms with Gasteiger partial charge in [-0.15, -0.1) is 0 Å². The minimum atomic E-state index is -0.594. The largest absolute Gasteiger partial charge is 0.469 e. The standard InChI is InChI=1S/C13H19NO5/c1-13(2,3)19-12(17)14-6-5-7(15)8-9(10(8)14)11(16)18-4/h8-10H,5-6H2,1-4H3. The topological polar surface area (TPSA) is 72.9 Å². The van der Waals surface area contributed by atoms with Crippen LogP contribution in [0.25, 0.3) is 0 Å². The maximum Gasteiger partial charge on any atom is 0.410 e. The van der Waals surface area contributed by atoms with Crippen molar-refractivity contribution in [2.45, 2.75) is 38.8 Å². The lowest BCUT2D eigenvalue weighted by molar-refractivity contribution is -0.143. The third kappa shape index (κ3) is 2.57. The number of amides is 1.